The SMILES string of the molecule is COC[C@H]1O[C@@H](F)[C@@H](O)[C@@H](OC(=O)c2ccccc2)[C@@H]1OC. The summed E-state index contributed by atoms with van der Waals surface area (Å²) in [4.78, 5) is 12.1. The van der Waals surface area contributed by atoms with Gasteiger partial charge in [-0.1, -0.05) is 18.2 Å². The van der Waals surface area contributed by atoms with Crippen molar-refractivity contribution in [1.82, 2.24) is 0 Å². The van der Waals surface area contributed by atoms with E-state index in [4.69, 9.17) is 18.9 Å². The van der Waals surface area contributed by atoms with Crippen LogP contribution in [0.15, 0.2) is 30.3 Å². The molecule has 1 N–H and O–H groups in total. The van der Waals surface area contributed by atoms with Crippen molar-refractivity contribution >= 4 is 5.97 Å². The number of carbonyl (C=O) groups is 1. The van der Waals surface area contributed by atoms with E-state index in [-0.39, 0.29) is 6.61 Å². The number of hydrogen-bond acceptors (Lipinski definition) is 6. The van der Waals surface area contributed by atoms with Crippen LogP contribution in [0.3, 0.4) is 0 Å². The predicted octanol–water partition coefficient (Wildman–Crippen LogP) is 0.929. The van der Waals surface area contributed by atoms with E-state index in [1.54, 1.807) is 30.3 Å². The number of aliphatic hydroxyl groups excluding tert-OH is 1. The maximum atomic E-state index is 13.8. The number of alkyl halides is 1. The first kappa shape index (κ1) is 16.8. The molecule has 0 amide bonds. The van der Waals surface area contributed by atoms with Crippen molar-refractivity contribution in [3.63, 3.8) is 0 Å². The first-order valence-corrected chi connectivity index (χ1v) is 6.83. The van der Waals surface area contributed by atoms with Crippen LogP contribution < -0.4 is 0 Å². The van der Waals surface area contributed by atoms with Gasteiger partial charge in [-0.25, -0.2) is 9.18 Å². The topological polar surface area (TPSA) is 74.2 Å². The number of halogens is 1. The second-order valence-corrected chi connectivity index (χ2v) is 4.91. The first-order chi connectivity index (χ1) is 10.6. The summed E-state index contributed by atoms with van der Waals surface area (Å²) >= 11 is 0. The van der Waals surface area contributed by atoms with Crippen molar-refractivity contribution in [2.75, 3.05) is 20.8 Å². The highest BCUT2D eigenvalue weighted by atomic mass is 19.1. The van der Waals surface area contributed by atoms with Gasteiger partial charge in [-0.3, -0.25) is 0 Å². The van der Waals surface area contributed by atoms with E-state index >= 15 is 0 Å². The van der Waals surface area contributed by atoms with E-state index in [1.165, 1.54) is 14.2 Å². The lowest BCUT2D eigenvalue weighted by molar-refractivity contribution is -0.268. The van der Waals surface area contributed by atoms with Crippen LogP contribution in [0.2, 0.25) is 0 Å². The molecule has 1 aromatic rings. The first-order valence-electron chi connectivity index (χ1n) is 6.83. The lowest BCUT2D eigenvalue weighted by Crippen LogP contribution is -2.59. The Labute approximate surface area is 127 Å². The number of benzene rings is 1. The van der Waals surface area contributed by atoms with E-state index in [9.17, 15) is 14.3 Å². The molecule has 6 nitrogen and oxygen atoms in total. The molecule has 1 aromatic carbocycles. The number of methoxy groups -OCH3 is 2. The van der Waals surface area contributed by atoms with E-state index in [0.717, 1.165) is 0 Å². The summed E-state index contributed by atoms with van der Waals surface area (Å²) in [6.45, 7) is 0.0467. The quantitative estimate of drug-likeness (QED) is 0.815. The zero-order valence-corrected chi connectivity index (χ0v) is 12.3. The summed E-state index contributed by atoms with van der Waals surface area (Å²) in [6, 6.07) is 8.24. The van der Waals surface area contributed by atoms with Gasteiger partial charge in [0, 0.05) is 14.2 Å². The van der Waals surface area contributed by atoms with Crippen LogP contribution >= 0.6 is 0 Å². The summed E-state index contributed by atoms with van der Waals surface area (Å²) in [5, 5.41) is 9.92. The number of carbonyl (C=O) groups excluding carboxylic acids is 1. The molecule has 1 aliphatic heterocycles. The molecule has 5 atom stereocenters. The fourth-order valence-electron chi connectivity index (χ4n) is 2.37. The second-order valence-electron chi connectivity index (χ2n) is 4.91. The van der Waals surface area contributed by atoms with Gasteiger partial charge in [-0.05, 0) is 12.1 Å². The van der Waals surface area contributed by atoms with Crippen molar-refractivity contribution < 1.29 is 33.2 Å². The molecule has 1 fully saturated rings. The monoisotopic (exact) mass is 314 g/mol. The number of esters is 1. The zero-order valence-electron chi connectivity index (χ0n) is 12.3. The highest BCUT2D eigenvalue weighted by Gasteiger charge is 2.48. The van der Waals surface area contributed by atoms with Crippen LogP contribution in [0.1, 0.15) is 10.4 Å². The highest BCUT2D eigenvalue weighted by Crippen LogP contribution is 2.27. The van der Waals surface area contributed by atoms with Crippen LogP contribution in [0.4, 0.5) is 4.39 Å². The van der Waals surface area contributed by atoms with E-state index in [2.05, 4.69) is 0 Å². The Hall–Kier alpha value is -1.54. The largest absolute Gasteiger partial charge is 0.453 e. The average Bonchev–Trinajstić information content (AvgIpc) is 2.53. The fourth-order valence-corrected chi connectivity index (χ4v) is 2.37. The fraction of sp³-hybridized carbons (Fsp3) is 0.533. The summed E-state index contributed by atoms with van der Waals surface area (Å²) < 4.78 is 34.2. The van der Waals surface area contributed by atoms with Crippen molar-refractivity contribution in [3.05, 3.63) is 35.9 Å². The van der Waals surface area contributed by atoms with E-state index in [1.807, 2.05) is 0 Å². The maximum Gasteiger partial charge on any atom is 0.338 e. The van der Waals surface area contributed by atoms with Crippen molar-refractivity contribution in [2.24, 2.45) is 0 Å². The minimum atomic E-state index is -1.99. The molecule has 7 heteroatoms. The zero-order chi connectivity index (χ0) is 16.1. The predicted molar refractivity (Wildman–Crippen MR) is 74.1 cm³/mol. The summed E-state index contributed by atoms with van der Waals surface area (Å²) in [6.07, 6.45) is -6.44. The third kappa shape index (κ3) is 3.61. The molecule has 0 saturated carbocycles. The van der Waals surface area contributed by atoms with E-state index < -0.39 is 36.7 Å². The molecule has 0 aliphatic carbocycles. The van der Waals surface area contributed by atoms with Crippen LogP contribution in [-0.2, 0) is 18.9 Å². The third-order valence-corrected chi connectivity index (χ3v) is 3.46. The van der Waals surface area contributed by atoms with Crippen LogP contribution in [0, 0.1) is 0 Å². The van der Waals surface area contributed by atoms with Gasteiger partial charge < -0.3 is 24.1 Å². The Morgan fingerprint density at radius 2 is 1.95 bits per heavy atom. The molecular weight excluding hydrogens is 295 g/mol. The standard InChI is InChI=1S/C15H19FO6/c1-19-8-10-12(20-2)13(11(17)14(16)21-10)22-15(18)9-6-4-3-5-7-9/h3-7,10-14,17H,8H2,1-2H3/t10-,11+,12-,13-,14-/m1/s1. The van der Waals surface area contributed by atoms with Gasteiger partial charge in [0.05, 0.1) is 12.2 Å². The third-order valence-electron chi connectivity index (χ3n) is 3.46. The summed E-state index contributed by atoms with van der Waals surface area (Å²) in [5.41, 5.74) is 0.301. The molecule has 22 heavy (non-hydrogen) atoms. The minimum absolute atomic E-state index is 0.0467. The summed E-state index contributed by atoms with van der Waals surface area (Å²) in [5.74, 6) is -0.669. The second kappa shape index (κ2) is 7.64. The Kier molecular flexibility index (Phi) is 5.84. The lowest BCUT2D eigenvalue weighted by Gasteiger charge is -2.40. The number of rotatable bonds is 5. The molecule has 0 bridgehead atoms. The van der Waals surface area contributed by atoms with Crippen molar-refractivity contribution in [2.45, 2.75) is 30.8 Å². The number of aliphatic hydroxyl groups is 1. The van der Waals surface area contributed by atoms with E-state index in [0.29, 0.717) is 5.56 Å². The van der Waals surface area contributed by atoms with Crippen LogP contribution in [0.5, 0.6) is 0 Å². The Balaban J connectivity index is 2.15. The maximum absolute atomic E-state index is 13.8. The normalized spacial score (nSPS) is 31.7. The van der Waals surface area contributed by atoms with Gasteiger partial charge in [0.25, 0.3) is 0 Å². The molecule has 1 heterocycles. The van der Waals surface area contributed by atoms with Crippen molar-refractivity contribution in [3.8, 4) is 0 Å². The molecule has 2 rings (SSSR count). The Morgan fingerprint density at radius 3 is 2.55 bits per heavy atom. The summed E-state index contributed by atoms with van der Waals surface area (Å²) in [7, 11) is 2.80. The highest BCUT2D eigenvalue weighted by molar-refractivity contribution is 5.89. The van der Waals surface area contributed by atoms with Gasteiger partial charge in [0.15, 0.2) is 6.10 Å². The number of ether oxygens (including phenoxy) is 4. The molecule has 0 radical (unpaired) electrons. The molecule has 0 aromatic heterocycles. The van der Waals surface area contributed by atoms with Crippen molar-refractivity contribution in [1.29, 1.82) is 0 Å². The average molecular weight is 314 g/mol. The smallest absolute Gasteiger partial charge is 0.338 e. The van der Waals surface area contributed by atoms with Gasteiger partial charge in [0.1, 0.15) is 18.3 Å². The van der Waals surface area contributed by atoms with Crippen LogP contribution in [-0.4, -0.2) is 62.7 Å². The number of hydrogen-bond donors (Lipinski definition) is 1. The molecule has 1 aliphatic rings. The molecular formula is C15H19FO6. The Bertz CT molecular complexity index is 482. The molecule has 122 valence electrons. The molecule has 0 unspecified atom stereocenters. The molecule has 1 saturated heterocycles. The lowest BCUT2D eigenvalue weighted by atomic mass is 9.99. The minimum Gasteiger partial charge on any atom is -0.453 e. The van der Waals surface area contributed by atoms with Gasteiger partial charge in [-0.15, -0.1) is 0 Å². The van der Waals surface area contributed by atoms with Gasteiger partial charge in [-0.2, -0.15) is 0 Å². The molecule has 0 spiro atoms. The Morgan fingerprint density at radius 1 is 1.27 bits per heavy atom. The van der Waals surface area contributed by atoms with Gasteiger partial charge >= 0.3 is 5.97 Å². The van der Waals surface area contributed by atoms with Crippen LogP contribution in [0.25, 0.3) is 0 Å². The van der Waals surface area contributed by atoms with Gasteiger partial charge in [0.2, 0.25) is 6.36 Å².